The molecule has 2 unspecified atom stereocenters. The van der Waals surface area contributed by atoms with Gasteiger partial charge in [0.2, 0.25) is 0 Å². The van der Waals surface area contributed by atoms with Crippen LogP contribution >= 0.6 is 31.9 Å². The fraction of sp³-hybridized carbons (Fsp3) is 0.868. The summed E-state index contributed by atoms with van der Waals surface area (Å²) in [6.07, 6.45) is 43.1. The van der Waals surface area contributed by atoms with E-state index < -0.39 is 0 Å². The zero-order chi connectivity index (χ0) is 30.5. The molecule has 0 N–H and O–H groups in total. The molecule has 0 rings (SSSR count). The van der Waals surface area contributed by atoms with Gasteiger partial charge in [0.25, 0.3) is 0 Å². The van der Waals surface area contributed by atoms with E-state index in [2.05, 4.69) is 85.4 Å². The van der Waals surface area contributed by atoms with Crippen molar-refractivity contribution in [3.8, 4) is 12.3 Å². The van der Waals surface area contributed by atoms with Gasteiger partial charge in [-0.1, -0.05) is 176 Å². The minimum atomic E-state index is 0. The van der Waals surface area contributed by atoms with E-state index in [1.807, 2.05) is 0 Å². The summed E-state index contributed by atoms with van der Waals surface area (Å²) in [6.45, 7) is 14.8. The van der Waals surface area contributed by atoms with Crippen LogP contribution in [0.3, 0.4) is 0 Å². The van der Waals surface area contributed by atoms with Crippen molar-refractivity contribution in [2.75, 3.05) is 0 Å². The quantitative estimate of drug-likeness (QED) is 0.0366. The normalized spacial score (nSPS) is 11.6. The Hall–Kier alpha value is 0.857. The monoisotopic (exact) mass is 694 g/mol. The second-order valence-electron chi connectivity index (χ2n) is 11.7. The third kappa shape index (κ3) is 48.0. The molecule has 0 aromatic carbocycles. The molecular weight excluding hydrogens is 623 g/mol. The fourth-order valence-electron chi connectivity index (χ4n) is 4.81. The van der Waals surface area contributed by atoms with Crippen molar-refractivity contribution in [1.29, 1.82) is 0 Å². The summed E-state index contributed by atoms with van der Waals surface area (Å²) < 4.78 is 1.13. The van der Waals surface area contributed by atoms with Gasteiger partial charge in [0.05, 0.1) is 3.39 Å². The molecule has 0 aromatic heterocycles. The van der Waals surface area contributed by atoms with Gasteiger partial charge in [-0.05, 0) is 63.5 Å². The number of rotatable bonds is 26. The molecule has 0 heterocycles. The predicted octanol–water partition coefficient (Wildman–Crippen LogP) is 12.5. The van der Waals surface area contributed by atoms with Crippen LogP contribution < -0.4 is 18.9 Å². The Balaban J connectivity index is -0.000000290. The Morgan fingerprint density at radius 2 is 0.854 bits per heavy atom. The molecule has 0 bridgehead atoms. The topological polar surface area (TPSA) is 0 Å². The maximum absolute atomic E-state index is 5.60. The van der Waals surface area contributed by atoms with Gasteiger partial charge in [0.1, 0.15) is 0 Å². The number of hydrogen-bond acceptors (Lipinski definition) is 0. The van der Waals surface area contributed by atoms with Crippen LogP contribution in [0.5, 0.6) is 0 Å². The van der Waals surface area contributed by atoms with E-state index in [0.717, 1.165) is 15.7 Å². The molecule has 0 spiro atoms. The molecule has 0 saturated carbocycles. The summed E-state index contributed by atoms with van der Waals surface area (Å²) in [6, 6.07) is 0. The van der Waals surface area contributed by atoms with Gasteiger partial charge in [-0.2, -0.15) is 6.42 Å². The van der Waals surface area contributed by atoms with E-state index in [9.17, 15) is 0 Å². The van der Waals surface area contributed by atoms with Crippen molar-refractivity contribution in [3.05, 3.63) is 16.4 Å². The Bertz CT molecular complexity index is 505. The summed E-state index contributed by atoms with van der Waals surface area (Å²) in [5, 5.41) is 0. The number of allylic oxidation sites excluding steroid dienone is 1. The van der Waals surface area contributed by atoms with Crippen molar-refractivity contribution < 1.29 is 18.9 Å². The summed E-state index contributed by atoms with van der Waals surface area (Å²) in [5.41, 5.74) is 0. The first-order chi connectivity index (χ1) is 19.5. The average molecular weight is 697 g/mol. The van der Waals surface area contributed by atoms with Gasteiger partial charge in [0, 0.05) is 5.92 Å². The third-order valence-electron chi connectivity index (χ3n) is 7.62. The second kappa shape index (κ2) is 45.3. The van der Waals surface area contributed by atoms with E-state index in [1.54, 1.807) is 0 Å². The molecule has 0 radical (unpaired) electrons. The molecule has 240 valence electrons. The molecule has 0 saturated heterocycles. The van der Waals surface area contributed by atoms with E-state index in [1.165, 1.54) is 161 Å². The van der Waals surface area contributed by atoms with Crippen molar-refractivity contribution in [2.45, 2.75) is 202 Å². The van der Waals surface area contributed by atoms with Crippen LogP contribution in [0.15, 0.2) is 9.47 Å². The molecular formula is C38H73Br2Li. The standard InChI is InChI=1S/C17H32Br2.C17H32.C4H9.Li/c1-3-5-7-9-10-12-14-16(15-17(18)19)13-11-8-6-4-2;1-4-7-9-11-12-14-16-17(6-3)15-13-10-8-5-2;1-3-4-2;/h15-16H,3-14H2,1-2H3;3,17H,4-5,7-16H2,1-2H3;1,3-4H2,2H3;/q;;-1;+1. The zero-order valence-electron chi connectivity index (χ0n) is 29.2. The minimum Gasteiger partial charge on any atom is -0.343 e. The van der Waals surface area contributed by atoms with Crippen LogP contribution in [0.2, 0.25) is 0 Å². The summed E-state index contributed by atoms with van der Waals surface area (Å²) in [7, 11) is 0. The van der Waals surface area contributed by atoms with E-state index in [-0.39, 0.29) is 18.9 Å². The minimum absolute atomic E-state index is 0. The molecule has 3 heteroatoms. The van der Waals surface area contributed by atoms with Crippen LogP contribution in [0.1, 0.15) is 202 Å². The van der Waals surface area contributed by atoms with Gasteiger partial charge in [-0.25, -0.2) is 0 Å². The fourth-order valence-corrected chi connectivity index (χ4v) is 5.56. The first kappa shape index (κ1) is 48.8. The number of hydrogen-bond donors (Lipinski definition) is 0. The van der Waals surface area contributed by atoms with Gasteiger partial charge in [-0.3, -0.25) is 0 Å². The first-order valence-corrected chi connectivity index (χ1v) is 19.3. The van der Waals surface area contributed by atoms with Crippen LogP contribution in [-0.2, 0) is 0 Å². The Kier molecular flexibility index (Phi) is 53.9. The van der Waals surface area contributed by atoms with Crippen molar-refractivity contribution in [1.82, 2.24) is 0 Å². The smallest absolute Gasteiger partial charge is 0.343 e. The molecule has 0 amide bonds. The molecule has 0 nitrogen and oxygen atoms in total. The SMILES string of the molecule is C#CC(CCCCCC)CCCCCCCC.CCCCCCCCC(C=C(Br)Br)CCCCCC.[CH2-]CCC.[Li+]. The molecule has 0 fully saturated rings. The molecule has 41 heavy (non-hydrogen) atoms. The summed E-state index contributed by atoms with van der Waals surface area (Å²) in [4.78, 5) is 0. The van der Waals surface area contributed by atoms with E-state index in [0.29, 0.717) is 5.92 Å². The van der Waals surface area contributed by atoms with E-state index in [4.69, 9.17) is 6.42 Å². The number of terminal acetylenes is 1. The van der Waals surface area contributed by atoms with Crippen LogP contribution in [0, 0.1) is 31.1 Å². The van der Waals surface area contributed by atoms with Gasteiger partial charge in [0.15, 0.2) is 0 Å². The number of unbranched alkanes of at least 4 members (excludes halogenated alkanes) is 17. The molecule has 0 aromatic rings. The van der Waals surface area contributed by atoms with Gasteiger partial charge in [-0.15, -0.1) is 12.3 Å². The molecule has 2 atom stereocenters. The molecule has 0 aliphatic carbocycles. The van der Waals surface area contributed by atoms with Crippen LogP contribution in [-0.4, -0.2) is 0 Å². The maximum Gasteiger partial charge on any atom is 1.00 e. The molecule has 0 aliphatic heterocycles. The predicted molar refractivity (Wildman–Crippen MR) is 196 cm³/mol. The van der Waals surface area contributed by atoms with Crippen LogP contribution in [0.25, 0.3) is 0 Å². The first-order valence-electron chi connectivity index (χ1n) is 17.7. The van der Waals surface area contributed by atoms with Gasteiger partial charge >= 0.3 is 18.9 Å². The zero-order valence-corrected chi connectivity index (χ0v) is 32.3. The van der Waals surface area contributed by atoms with E-state index >= 15 is 0 Å². The Morgan fingerprint density at radius 1 is 0.561 bits per heavy atom. The van der Waals surface area contributed by atoms with Crippen molar-refractivity contribution in [2.24, 2.45) is 11.8 Å². The largest absolute Gasteiger partial charge is 1.00 e. The van der Waals surface area contributed by atoms with Crippen LogP contribution in [0.4, 0.5) is 0 Å². The maximum atomic E-state index is 5.60. The van der Waals surface area contributed by atoms with Crippen molar-refractivity contribution in [3.63, 3.8) is 0 Å². The molecule has 0 aliphatic rings. The van der Waals surface area contributed by atoms with Gasteiger partial charge < -0.3 is 6.92 Å². The van der Waals surface area contributed by atoms with Crippen molar-refractivity contribution >= 4 is 31.9 Å². The Morgan fingerprint density at radius 3 is 1.15 bits per heavy atom. The second-order valence-corrected chi connectivity index (χ2v) is 14.5. The number of halogens is 2. The average Bonchev–Trinajstić information content (AvgIpc) is 2.96. The Labute approximate surface area is 291 Å². The summed E-state index contributed by atoms with van der Waals surface area (Å²) >= 11 is 7.04. The third-order valence-corrected chi connectivity index (χ3v) is 8.15. The summed E-state index contributed by atoms with van der Waals surface area (Å²) in [5.74, 6) is 4.30.